The van der Waals surface area contributed by atoms with Gasteiger partial charge in [0.15, 0.2) is 0 Å². The number of hydrogen-bond acceptors (Lipinski definition) is 5. The summed E-state index contributed by atoms with van der Waals surface area (Å²) in [6, 6.07) is 10.8. The highest BCUT2D eigenvalue weighted by atomic mass is 16.5. The Labute approximate surface area is 138 Å². The number of anilines is 1. The number of ether oxygens (including phenoxy) is 2. The topological polar surface area (TPSA) is 54.0 Å². The van der Waals surface area contributed by atoms with Crippen LogP contribution in [0.1, 0.15) is 19.3 Å². The number of nitrogens with zero attached hydrogens (tertiary/aromatic N) is 1. The maximum absolute atomic E-state index is 10.2. The van der Waals surface area contributed by atoms with E-state index in [2.05, 4.69) is 22.3 Å². The fourth-order valence-corrected chi connectivity index (χ4v) is 3.33. The molecule has 3 rings (SSSR count). The second kappa shape index (κ2) is 8.64. The molecule has 0 radical (unpaired) electrons. The van der Waals surface area contributed by atoms with Gasteiger partial charge < -0.3 is 19.9 Å². The highest BCUT2D eigenvalue weighted by molar-refractivity contribution is 5.43. The second-order valence-electron chi connectivity index (χ2n) is 6.55. The van der Waals surface area contributed by atoms with Crippen LogP contribution in [0.4, 0.5) is 5.69 Å². The molecule has 0 amide bonds. The Hall–Kier alpha value is -1.14. The van der Waals surface area contributed by atoms with Gasteiger partial charge in [0.2, 0.25) is 0 Å². The van der Waals surface area contributed by atoms with Crippen molar-refractivity contribution in [3.63, 3.8) is 0 Å². The summed E-state index contributed by atoms with van der Waals surface area (Å²) in [5, 5.41) is 13.8. The minimum Gasteiger partial charge on any atom is -0.389 e. The van der Waals surface area contributed by atoms with Crippen molar-refractivity contribution < 1.29 is 14.6 Å². The molecule has 2 aliphatic heterocycles. The zero-order valence-electron chi connectivity index (χ0n) is 13.7. The zero-order valence-corrected chi connectivity index (χ0v) is 13.7. The number of aliphatic hydroxyl groups is 1. The van der Waals surface area contributed by atoms with E-state index < -0.39 is 6.10 Å². The zero-order chi connectivity index (χ0) is 15.9. The fourth-order valence-electron chi connectivity index (χ4n) is 3.33. The van der Waals surface area contributed by atoms with Crippen molar-refractivity contribution in [3.8, 4) is 0 Å². The van der Waals surface area contributed by atoms with Crippen molar-refractivity contribution in [2.75, 3.05) is 44.8 Å². The van der Waals surface area contributed by atoms with Crippen LogP contribution < -0.4 is 5.32 Å². The number of rotatable bonds is 7. The van der Waals surface area contributed by atoms with Crippen LogP contribution in [-0.2, 0) is 9.47 Å². The molecule has 23 heavy (non-hydrogen) atoms. The van der Waals surface area contributed by atoms with E-state index in [1.165, 1.54) is 5.69 Å². The average molecular weight is 320 g/mol. The summed E-state index contributed by atoms with van der Waals surface area (Å²) in [6.07, 6.45) is 2.85. The molecule has 0 aliphatic carbocycles. The Balaban J connectivity index is 1.34. The van der Waals surface area contributed by atoms with E-state index in [1.807, 2.05) is 18.2 Å². The van der Waals surface area contributed by atoms with Crippen molar-refractivity contribution in [2.45, 2.75) is 37.5 Å². The SMILES string of the molecule is OC(COC1CCOCC1)CN1CCC(Nc2ccccc2)C1. The minimum atomic E-state index is -0.409. The minimum absolute atomic E-state index is 0.254. The molecular formula is C18H28N2O3. The first kappa shape index (κ1) is 16.7. The van der Waals surface area contributed by atoms with E-state index in [1.54, 1.807) is 0 Å². The lowest BCUT2D eigenvalue weighted by Gasteiger charge is -2.25. The van der Waals surface area contributed by atoms with E-state index in [0.29, 0.717) is 19.2 Å². The van der Waals surface area contributed by atoms with Crippen LogP contribution in [0.5, 0.6) is 0 Å². The molecule has 2 heterocycles. The van der Waals surface area contributed by atoms with Gasteiger partial charge in [0, 0.05) is 44.6 Å². The lowest BCUT2D eigenvalue weighted by atomic mass is 10.1. The van der Waals surface area contributed by atoms with Gasteiger partial charge in [0.25, 0.3) is 0 Å². The molecule has 0 bridgehead atoms. The van der Waals surface area contributed by atoms with Crippen LogP contribution >= 0.6 is 0 Å². The number of aliphatic hydroxyl groups excluding tert-OH is 1. The summed E-state index contributed by atoms with van der Waals surface area (Å²) in [6.45, 7) is 4.68. The lowest BCUT2D eigenvalue weighted by Crippen LogP contribution is -2.36. The van der Waals surface area contributed by atoms with E-state index in [-0.39, 0.29) is 6.10 Å². The fraction of sp³-hybridized carbons (Fsp3) is 0.667. The molecule has 0 saturated carbocycles. The number of β-amino-alcohol motifs (C(OH)–C–C–N with tert-alkyl or cyclic N) is 1. The first-order valence-corrected chi connectivity index (χ1v) is 8.71. The van der Waals surface area contributed by atoms with E-state index in [9.17, 15) is 5.11 Å². The summed E-state index contributed by atoms with van der Waals surface area (Å²) in [4.78, 5) is 2.32. The van der Waals surface area contributed by atoms with Crippen LogP contribution in [-0.4, -0.2) is 67.7 Å². The molecule has 2 fully saturated rings. The van der Waals surface area contributed by atoms with Gasteiger partial charge in [-0.3, -0.25) is 4.90 Å². The van der Waals surface area contributed by atoms with Crippen LogP contribution in [0.3, 0.4) is 0 Å². The van der Waals surface area contributed by atoms with Crippen molar-refractivity contribution in [1.82, 2.24) is 4.90 Å². The number of nitrogens with one attached hydrogen (secondary N) is 1. The summed E-state index contributed by atoms with van der Waals surface area (Å²) in [5.74, 6) is 0. The summed E-state index contributed by atoms with van der Waals surface area (Å²) in [5.41, 5.74) is 1.17. The maximum atomic E-state index is 10.2. The molecule has 2 aliphatic rings. The normalized spacial score (nSPS) is 24.7. The van der Waals surface area contributed by atoms with Crippen molar-refractivity contribution in [1.29, 1.82) is 0 Å². The van der Waals surface area contributed by atoms with E-state index in [4.69, 9.17) is 9.47 Å². The quantitative estimate of drug-likeness (QED) is 0.801. The highest BCUT2D eigenvalue weighted by Crippen LogP contribution is 2.16. The molecule has 2 N–H and O–H groups in total. The molecule has 5 heteroatoms. The van der Waals surface area contributed by atoms with Crippen LogP contribution in [0, 0.1) is 0 Å². The third-order valence-electron chi connectivity index (χ3n) is 4.58. The number of likely N-dealkylation sites (tertiary alicyclic amines) is 1. The predicted molar refractivity (Wildman–Crippen MR) is 90.7 cm³/mol. The third kappa shape index (κ3) is 5.46. The molecule has 1 aromatic carbocycles. The molecule has 0 aromatic heterocycles. The molecule has 0 spiro atoms. The second-order valence-corrected chi connectivity index (χ2v) is 6.55. The molecule has 1 aromatic rings. The van der Waals surface area contributed by atoms with Crippen LogP contribution in [0.2, 0.25) is 0 Å². The molecule has 2 unspecified atom stereocenters. The van der Waals surface area contributed by atoms with E-state index in [0.717, 1.165) is 45.6 Å². The molecule has 2 saturated heterocycles. The smallest absolute Gasteiger partial charge is 0.0900 e. The molecule has 2 atom stereocenters. The first-order chi connectivity index (χ1) is 11.3. The van der Waals surface area contributed by atoms with Gasteiger partial charge in [-0.2, -0.15) is 0 Å². The van der Waals surface area contributed by atoms with Crippen molar-refractivity contribution in [3.05, 3.63) is 30.3 Å². The Morgan fingerprint density at radius 1 is 1.22 bits per heavy atom. The van der Waals surface area contributed by atoms with Gasteiger partial charge in [-0.15, -0.1) is 0 Å². The standard InChI is InChI=1S/C18H28N2O3/c21-17(14-23-18-7-10-22-11-8-18)13-20-9-6-16(12-20)19-15-4-2-1-3-5-15/h1-5,16-19,21H,6-14H2. The van der Waals surface area contributed by atoms with Crippen molar-refractivity contribution >= 4 is 5.69 Å². The number of benzene rings is 1. The van der Waals surface area contributed by atoms with Gasteiger partial charge in [0.1, 0.15) is 0 Å². The van der Waals surface area contributed by atoms with E-state index >= 15 is 0 Å². The third-order valence-corrected chi connectivity index (χ3v) is 4.58. The van der Waals surface area contributed by atoms with Gasteiger partial charge in [0.05, 0.1) is 18.8 Å². The molecule has 5 nitrogen and oxygen atoms in total. The first-order valence-electron chi connectivity index (χ1n) is 8.71. The van der Waals surface area contributed by atoms with Crippen LogP contribution in [0.15, 0.2) is 30.3 Å². The molecule has 128 valence electrons. The van der Waals surface area contributed by atoms with Crippen LogP contribution in [0.25, 0.3) is 0 Å². The Bertz CT molecular complexity index is 451. The monoisotopic (exact) mass is 320 g/mol. The lowest BCUT2D eigenvalue weighted by molar-refractivity contribution is -0.0632. The summed E-state index contributed by atoms with van der Waals surface area (Å²) in [7, 11) is 0. The Morgan fingerprint density at radius 2 is 2.00 bits per heavy atom. The maximum Gasteiger partial charge on any atom is 0.0900 e. The highest BCUT2D eigenvalue weighted by Gasteiger charge is 2.24. The molecular weight excluding hydrogens is 292 g/mol. The Morgan fingerprint density at radius 3 is 2.78 bits per heavy atom. The number of hydrogen-bond donors (Lipinski definition) is 2. The summed E-state index contributed by atoms with van der Waals surface area (Å²) < 4.78 is 11.1. The van der Waals surface area contributed by atoms with Gasteiger partial charge in [-0.25, -0.2) is 0 Å². The Kier molecular flexibility index (Phi) is 6.28. The van der Waals surface area contributed by atoms with Crippen molar-refractivity contribution in [2.24, 2.45) is 0 Å². The van der Waals surface area contributed by atoms with Gasteiger partial charge >= 0.3 is 0 Å². The largest absolute Gasteiger partial charge is 0.389 e. The van der Waals surface area contributed by atoms with Gasteiger partial charge in [-0.1, -0.05) is 18.2 Å². The average Bonchev–Trinajstić information content (AvgIpc) is 3.02. The predicted octanol–water partition coefficient (Wildman–Crippen LogP) is 1.73. The number of para-hydroxylation sites is 1. The summed E-state index contributed by atoms with van der Waals surface area (Å²) >= 11 is 0. The van der Waals surface area contributed by atoms with Gasteiger partial charge in [-0.05, 0) is 31.4 Å².